The van der Waals surface area contributed by atoms with Crippen molar-refractivity contribution in [1.29, 1.82) is 0 Å². The molecule has 2 radical (unpaired) electrons. The van der Waals surface area contributed by atoms with Gasteiger partial charge in [-0.2, -0.15) is 0 Å². The average Bonchev–Trinajstić information content (AvgIpc) is 1.00. The monoisotopic (exact) mass is 199 g/mol. The standard InChI is InChI=1S/CH3Se.CH3.Y/c1-2;;/h1H3;1H3;/q;-1;. The molecule has 0 aromatic rings. The molecule has 0 aliphatic carbocycles. The summed E-state index contributed by atoms with van der Waals surface area (Å²) in [7, 11) is 0. The van der Waals surface area contributed by atoms with Gasteiger partial charge in [-0.1, -0.05) is 0 Å². The first-order valence-electron chi connectivity index (χ1n) is 0.408. The third-order valence-electron chi connectivity index (χ3n) is 0. The van der Waals surface area contributed by atoms with Crippen LogP contribution in [0.3, 0.4) is 0 Å². The van der Waals surface area contributed by atoms with Gasteiger partial charge in [-0.3, -0.25) is 0 Å². The van der Waals surface area contributed by atoms with Gasteiger partial charge >= 0.3 is 21.8 Å². The van der Waals surface area contributed by atoms with E-state index < -0.39 is 0 Å². The fraction of sp³-hybridized carbons (Fsp3) is 0.500. The molecule has 0 rings (SSSR count). The molecule has 0 aromatic carbocycles. The third-order valence-corrected chi connectivity index (χ3v) is 0. The molecular formula is C2H6SeY-. The maximum Gasteiger partial charge on any atom is 0 e. The van der Waals surface area contributed by atoms with E-state index in [0.717, 1.165) is 0 Å². The van der Waals surface area contributed by atoms with Crippen LogP contribution in [0.1, 0.15) is 0 Å². The van der Waals surface area contributed by atoms with Crippen LogP contribution in [-0.2, 0) is 32.7 Å². The van der Waals surface area contributed by atoms with Crippen LogP contribution in [0.15, 0.2) is 0 Å². The molecule has 0 aliphatic heterocycles. The average molecular weight is 198 g/mol. The number of hydrogen-bond donors (Lipinski definition) is 0. The summed E-state index contributed by atoms with van der Waals surface area (Å²) >= 11 is 2.62. The van der Waals surface area contributed by atoms with Crippen LogP contribution in [0, 0.1) is 7.43 Å². The maximum absolute atomic E-state index is 2.62. The zero-order valence-electron chi connectivity index (χ0n) is 2.99. The number of rotatable bonds is 0. The third kappa shape index (κ3) is 9.46. The van der Waals surface area contributed by atoms with Crippen molar-refractivity contribution in [3.63, 3.8) is 0 Å². The second kappa shape index (κ2) is 23.0. The van der Waals surface area contributed by atoms with E-state index >= 15 is 0 Å². The van der Waals surface area contributed by atoms with E-state index in [2.05, 4.69) is 16.0 Å². The van der Waals surface area contributed by atoms with Gasteiger partial charge in [-0.15, -0.1) is 0 Å². The van der Waals surface area contributed by atoms with E-state index in [1.807, 2.05) is 5.82 Å². The van der Waals surface area contributed by atoms with Gasteiger partial charge in [-0.05, 0) is 0 Å². The maximum atomic E-state index is 2.62. The predicted molar refractivity (Wildman–Crippen MR) is 18.0 cm³/mol. The van der Waals surface area contributed by atoms with Gasteiger partial charge in [0.05, 0.1) is 0 Å². The van der Waals surface area contributed by atoms with Gasteiger partial charge < -0.3 is 7.43 Å². The van der Waals surface area contributed by atoms with Gasteiger partial charge in [0.25, 0.3) is 0 Å². The van der Waals surface area contributed by atoms with Gasteiger partial charge in [0.15, 0.2) is 0 Å². The minimum atomic E-state index is 0. The van der Waals surface area contributed by atoms with Crippen molar-refractivity contribution in [2.75, 3.05) is 0 Å². The fourth-order valence-electron chi connectivity index (χ4n) is 0. The molecule has 0 amide bonds. The molecule has 24 valence electrons. The van der Waals surface area contributed by atoms with E-state index in [4.69, 9.17) is 0 Å². The van der Waals surface area contributed by atoms with Crippen molar-refractivity contribution in [3.05, 3.63) is 7.43 Å². The van der Waals surface area contributed by atoms with E-state index in [1.54, 1.807) is 0 Å². The van der Waals surface area contributed by atoms with E-state index in [0.29, 0.717) is 0 Å². The summed E-state index contributed by atoms with van der Waals surface area (Å²) in [5.41, 5.74) is 0. The first-order valence-corrected chi connectivity index (χ1v) is 2.12. The van der Waals surface area contributed by atoms with Crippen LogP contribution in [-0.4, -0.2) is 16.0 Å². The van der Waals surface area contributed by atoms with Crippen molar-refractivity contribution in [2.45, 2.75) is 5.82 Å². The first-order chi connectivity index (χ1) is 1.00. The van der Waals surface area contributed by atoms with Crippen LogP contribution < -0.4 is 0 Å². The normalized spacial score (nSPS) is 1.50. The Labute approximate surface area is 61.4 Å². The minimum absolute atomic E-state index is 0. The molecule has 0 spiro atoms. The smallest absolute Gasteiger partial charge is 0 e. The largest absolute Gasteiger partial charge is 0.358 e. The Balaban J connectivity index is -0.00000000500. The van der Waals surface area contributed by atoms with Crippen LogP contribution in [0.25, 0.3) is 0 Å². The zero-order valence-corrected chi connectivity index (χ0v) is 7.54. The molecule has 0 aliphatic rings. The van der Waals surface area contributed by atoms with E-state index in [1.165, 1.54) is 0 Å². The fourth-order valence-corrected chi connectivity index (χ4v) is 0. The summed E-state index contributed by atoms with van der Waals surface area (Å²) in [6.45, 7) is 0. The van der Waals surface area contributed by atoms with Gasteiger partial charge in [0.2, 0.25) is 0 Å². The second-order valence-electron chi connectivity index (χ2n) is 0. The summed E-state index contributed by atoms with van der Waals surface area (Å²) in [5, 5.41) is 0. The van der Waals surface area contributed by atoms with Crippen molar-refractivity contribution in [2.24, 2.45) is 0 Å². The Bertz CT molecular complexity index is 6.00. The SMILES string of the molecule is C[Se].[CH3-].[Y]. The number of hydrogen-bond acceptors (Lipinski definition) is 0. The molecule has 0 saturated carbocycles. The Hall–Kier alpha value is 1.62. The summed E-state index contributed by atoms with van der Waals surface area (Å²) in [4.78, 5) is 0. The molecule has 2 heteroatoms. The van der Waals surface area contributed by atoms with Gasteiger partial charge in [0, 0.05) is 32.7 Å². The molecule has 0 fully saturated rings. The molecule has 0 saturated heterocycles. The topological polar surface area (TPSA) is 0 Å². The van der Waals surface area contributed by atoms with Crippen LogP contribution in [0.5, 0.6) is 0 Å². The Morgan fingerprint density at radius 2 is 1.25 bits per heavy atom. The first kappa shape index (κ1) is 17.5. The van der Waals surface area contributed by atoms with Crippen molar-refractivity contribution >= 4 is 16.0 Å². The molecule has 4 heavy (non-hydrogen) atoms. The molecule has 0 N–H and O–H groups in total. The van der Waals surface area contributed by atoms with Crippen LogP contribution in [0.2, 0.25) is 5.82 Å². The Morgan fingerprint density at radius 3 is 1.25 bits per heavy atom. The summed E-state index contributed by atoms with van der Waals surface area (Å²) in [6, 6.07) is 0. The van der Waals surface area contributed by atoms with Gasteiger partial charge in [-0.25, -0.2) is 0 Å². The molecule has 0 aromatic heterocycles. The quantitative estimate of drug-likeness (QED) is 0.396. The molecular weight excluding hydrogens is 192 g/mol. The second-order valence-corrected chi connectivity index (χ2v) is 0. The molecule has 0 atom stereocenters. The van der Waals surface area contributed by atoms with Gasteiger partial charge in [0.1, 0.15) is 0 Å². The molecule has 0 bridgehead atoms. The molecule has 0 unspecified atom stereocenters. The summed E-state index contributed by atoms with van der Waals surface area (Å²) in [5.74, 6) is 1.88. The van der Waals surface area contributed by atoms with Crippen molar-refractivity contribution in [1.82, 2.24) is 0 Å². The molecule has 0 heterocycles. The Morgan fingerprint density at radius 1 is 1.25 bits per heavy atom. The Kier molecular flexibility index (Phi) is 101. The summed E-state index contributed by atoms with van der Waals surface area (Å²) in [6.07, 6.45) is 0. The van der Waals surface area contributed by atoms with Crippen LogP contribution >= 0.6 is 0 Å². The van der Waals surface area contributed by atoms with Crippen LogP contribution in [0.4, 0.5) is 0 Å². The van der Waals surface area contributed by atoms with E-state index in [9.17, 15) is 0 Å². The van der Waals surface area contributed by atoms with Crippen molar-refractivity contribution in [3.8, 4) is 0 Å². The zero-order chi connectivity index (χ0) is 2.00. The minimum Gasteiger partial charge on any atom is -0.358 e. The molecule has 0 nitrogen and oxygen atoms in total. The van der Waals surface area contributed by atoms with E-state index in [-0.39, 0.29) is 40.1 Å². The summed E-state index contributed by atoms with van der Waals surface area (Å²) < 4.78 is 0. The van der Waals surface area contributed by atoms with Crippen molar-refractivity contribution < 1.29 is 32.7 Å². The predicted octanol–water partition coefficient (Wildman–Crippen LogP) is 0.651.